The van der Waals surface area contributed by atoms with Crippen molar-refractivity contribution in [2.24, 2.45) is 0 Å². The topological polar surface area (TPSA) is 89.4 Å². The molecule has 0 aliphatic carbocycles. The fourth-order valence-corrected chi connectivity index (χ4v) is 3.41. The van der Waals surface area contributed by atoms with Crippen LogP contribution in [0.3, 0.4) is 0 Å². The van der Waals surface area contributed by atoms with Crippen LogP contribution in [0.2, 0.25) is 0 Å². The van der Waals surface area contributed by atoms with Crippen LogP contribution < -0.4 is 5.32 Å². The summed E-state index contributed by atoms with van der Waals surface area (Å²) < 4.78 is 8.12. The van der Waals surface area contributed by atoms with Crippen molar-refractivity contribution in [3.63, 3.8) is 0 Å². The van der Waals surface area contributed by atoms with Crippen molar-refractivity contribution in [3.8, 4) is 0 Å². The number of piperidine rings is 1. The number of carbonyl (C=O) groups is 2. The van der Waals surface area contributed by atoms with E-state index in [0.29, 0.717) is 19.5 Å². The summed E-state index contributed by atoms with van der Waals surface area (Å²) in [6, 6.07) is 7.32. The minimum absolute atomic E-state index is 0.224. The molecule has 156 valence electrons. The molecule has 1 fully saturated rings. The Hall–Kier alpha value is -2.42. The van der Waals surface area contributed by atoms with E-state index in [1.807, 2.05) is 45.0 Å². The predicted octanol–water partition coefficient (Wildman–Crippen LogP) is 3.82. The number of carbonyl (C=O) groups excluding carboxylic acids is 2. The SMILES string of the molecule is CC(C)(C)OC(=O)N1CCCCC1C(=O)Nc1ncn(Cc2ccc(Br)cc2)n1. The van der Waals surface area contributed by atoms with Gasteiger partial charge in [0.1, 0.15) is 18.0 Å². The van der Waals surface area contributed by atoms with Crippen molar-refractivity contribution in [2.45, 2.75) is 58.2 Å². The van der Waals surface area contributed by atoms with Crippen molar-refractivity contribution in [2.75, 3.05) is 11.9 Å². The number of ether oxygens (including phenoxy) is 1. The number of anilines is 1. The molecule has 0 saturated carbocycles. The number of aromatic nitrogens is 3. The van der Waals surface area contributed by atoms with Crippen molar-refractivity contribution >= 4 is 33.9 Å². The third-order valence-corrected chi connectivity index (χ3v) is 4.99. The van der Waals surface area contributed by atoms with E-state index in [1.54, 1.807) is 11.0 Å². The summed E-state index contributed by atoms with van der Waals surface area (Å²) >= 11 is 3.41. The molecule has 1 N–H and O–H groups in total. The van der Waals surface area contributed by atoms with Gasteiger partial charge in [0.2, 0.25) is 11.9 Å². The first kappa shape index (κ1) is 21.3. The Bertz CT molecular complexity index is 860. The molecule has 0 radical (unpaired) electrons. The van der Waals surface area contributed by atoms with Gasteiger partial charge in [0.05, 0.1) is 6.54 Å². The smallest absolute Gasteiger partial charge is 0.410 e. The number of hydrogen-bond donors (Lipinski definition) is 1. The van der Waals surface area contributed by atoms with Crippen LogP contribution in [0.25, 0.3) is 0 Å². The maximum absolute atomic E-state index is 12.8. The quantitative estimate of drug-likeness (QED) is 0.743. The zero-order valence-corrected chi connectivity index (χ0v) is 18.5. The van der Waals surface area contributed by atoms with Crippen LogP contribution in [0.15, 0.2) is 35.1 Å². The van der Waals surface area contributed by atoms with Crippen molar-refractivity contribution in [1.82, 2.24) is 19.7 Å². The average molecular weight is 464 g/mol. The lowest BCUT2D eigenvalue weighted by atomic mass is 10.0. The van der Waals surface area contributed by atoms with E-state index in [9.17, 15) is 9.59 Å². The lowest BCUT2D eigenvalue weighted by Crippen LogP contribution is -2.51. The van der Waals surface area contributed by atoms with Crippen molar-refractivity contribution in [1.29, 1.82) is 0 Å². The number of nitrogens with zero attached hydrogens (tertiary/aromatic N) is 4. The maximum Gasteiger partial charge on any atom is 0.410 e. The van der Waals surface area contributed by atoms with Gasteiger partial charge in [-0.25, -0.2) is 14.5 Å². The van der Waals surface area contributed by atoms with Gasteiger partial charge in [0, 0.05) is 11.0 Å². The van der Waals surface area contributed by atoms with E-state index < -0.39 is 17.7 Å². The summed E-state index contributed by atoms with van der Waals surface area (Å²) in [6.07, 6.45) is 3.42. The maximum atomic E-state index is 12.8. The highest BCUT2D eigenvalue weighted by atomic mass is 79.9. The monoisotopic (exact) mass is 463 g/mol. The zero-order valence-electron chi connectivity index (χ0n) is 16.9. The third kappa shape index (κ3) is 6.03. The highest BCUT2D eigenvalue weighted by Crippen LogP contribution is 2.21. The van der Waals surface area contributed by atoms with Crippen LogP contribution >= 0.6 is 15.9 Å². The van der Waals surface area contributed by atoms with E-state index in [4.69, 9.17) is 4.74 Å². The number of nitrogens with one attached hydrogen (secondary N) is 1. The van der Waals surface area contributed by atoms with E-state index in [1.165, 1.54) is 4.90 Å². The van der Waals surface area contributed by atoms with Crippen LogP contribution in [0.5, 0.6) is 0 Å². The number of benzene rings is 1. The van der Waals surface area contributed by atoms with Gasteiger partial charge in [-0.1, -0.05) is 28.1 Å². The Morgan fingerprint density at radius 2 is 1.97 bits per heavy atom. The summed E-state index contributed by atoms with van der Waals surface area (Å²) in [5.41, 5.74) is 0.461. The Balaban J connectivity index is 1.63. The van der Waals surface area contributed by atoms with E-state index in [-0.39, 0.29) is 11.9 Å². The van der Waals surface area contributed by atoms with E-state index in [2.05, 4.69) is 31.3 Å². The molecule has 1 saturated heterocycles. The molecule has 3 rings (SSSR count). The number of halogens is 1. The highest BCUT2D eigenvalue weighted by molar-refractivity contribution is 9.10. The molecule has 9 heteroatoms. The van der Waals surface area contributed by atoms with Gasteiger partial charge < -0.3 is 4.74 Å². The van der Waals surface area contributed by atoms with Gasteiger partial charge in [0.15, 0.2) is 0 Å². The normalized spacial score (nSPS) is 17.1. The van der Waals surface area contributed by atoms with Gasteiger partial charge in [-0.05, 0) is 57.7 Å². The first-order chi connectivity index (χ1) is 13.7. The molecule has 29 heavy (non-hydrogen) atoms. The first-order valence-electron chi connectivity index (χ1n) is 9.66. The van der Waals surface area contributed by atoms with Crippen LogP contribution in [-0.2, 0) is 16.1 Å². The van der Waals surface area contributed by atoms with E-state index in [0.717, 1.165) is 22.9 Å². The minimum atomic E-state index is -0.608. The lowest BCUT2D eigenvalue weighted by molar-refractivity contribution is -0.122. The summed E-state index contributed by atoms with van der Waals surface area (Å²) in [5.74, 6) is -0.0706. The highest BCUT2D eigenvalue weighted by Gasteiger charge is 2.35. The number of likely N-dealkylation sites (tertiary alicyclic amines) is 1. The zero-order chi connectivity index (χ0) is 21.0. The summed E-state index contributed by atoms with van der Waals surface area (Å²) in [6.45, 7) is 6.48. The average Bonchev–Trinajstić information content (AvgIpc) is 3.09. The standard InChI is InChI=1S/C20H26BrN5O3/c1-20(2,3)29-19(28)26-11-5-4-6-16(26)17(27)23-18-22-13-25(24-18)12-14-7-9-15(21)10-8-14/h7-10,13,16H,4-6,11-12H2,1-3H3,(H,23,24,27). The second-order valence-corrected chi connectivity index (χ2v) is 8.98. The van der Waals surface area contributed by atoms with Crippen LogP contribution in [0.4, 0.5) is 10.7 Å². The number of hydrogen-bond acceptors (Lipinski definition) is 5. The Morgan fingerprint density at radius 1 is 1.24 bits per heavy atom. The van der Waals surface area contributed by atoms with Crippen molar-refractivity contribution < 1.29 is 14.3 Å². The molecule has 2 aromatic rings. The molecule has 1 aromatic carbocycles. The molecule has 1 unspecified atom stereocenters. The molecule has 1 aliphatic rings. The van der Waals surface area contributed by atoms with Gasteiger partial charge in [0.25, 0.3) is 0 Å². The fraction of sp³-hybridized carbons (Fsp3) is 0.500. The molecule has 0 bridgehead atoms. The Morgan fingerprint density at radius 3 is 2.66 bits per heavy atom. The number of amides is 2. The van der Waals surface area contributed by atoms with Crippen LogP contribution in [-0.4, -0.2) is 49.9 Å². The van der Waals surface area contributed by atoms with Gasteiger partial charge >= 0.3 is 6.09 Å². The molecule has 2 amide bonds. The lowest BCUT2D eigenvalue weighted by Gasteiger charge is -2.35. The summed E-state index contributed by atoms with van der Waals surface area (Å²) in [5, 5.41) is 7.05. The molecule has 1 aromatic heterocycles. The second-order valence-electron chi connectivity index (χ2n) is 8.07. The molecular formula is C20H26BrN5O3. The minimum Gasteiger partial charge on any atom is -0.444 e. The summed E-state index contributed by atoms with van der Waals surface area (Å²) in [4.78, 5) is 31.0. The van der Waals surface area contributed by atoms with E-state index >= 15 is 0 Å². The molecule has 1 atom stereocenters. The largest absolute Gasteiger partial charge is 0.444 e. The van der Waals surface area contributed by atoms with Gasteiger partial charge in [-0.3, -0.25) is 15.0 Å². The molecular weight excluding hydrogens is 438 g/mol. The van der Waals surface area contributed by atoms with Crippen LogP contribution in [0.1, 0.15) is 45.6 Å². The fourth-order valence-electron chi connectivity index (χ4n) is 3.14. The molecule has 1 aliphatic heterocycles. The summed E-state index contributed by atoms with van der Waals surface area (Å²) in [7, 11) is 0. The Labute approximate surface area is 178 Å². The second kappa shape index (κ2) is 8.94. The van der Waals surface area contributed by atoms with Crippen LogP contribution in [0, 0.1) is 0 Å². The molecule has 2 heterocycles. The van der Waals surface area contributed by atoms with Gasteiger partial charge in [-0.2, -0.15) is 0 Å². The Kier molecular flexibility index (Phi) is 6.56. The number of rotatable bonds is 4. The molecule has 8 nitrogen and oxygen atoms in total. The van der Waals surface area contributed by atoms with Crippen molar-refractivity contribution in [3.05, 3.63) is 40.6 Å². The predicted molar refractivity (Wildman–Crippen MR) is 112 cm³/mol. The third-order valence-electron chi connectivity index (χ3n) is 4.46. The van der Waals surface area contributed by atoms with Gasteiger partial charge in [-0.15, -0.1) is 5.10 Å². The first-order valence-corrected chi connectivity index (χ1v) is 10.4. The molecule has 0 spiro atoms.